The van der Waals surface area contributed by atoms with Gasteiger partial charge in [-0.05, 0) is 31.0 Å². The molecule has 0 N–H and O–H groups in total. The van der Waals surface area contributed by atoms with Gasteiger partial charge in [0.15, 0.2) is 0 Å². The quantitative estimate of drug-likeness (QED) is 0.503. The molecule has 1 aromatic carbocycles. The number of hydrogen-bond donors (Lipinski definition) is 0. The molecule has 0 saturated heterocycles. The van der Waals surface area contributed by atoms with Gasteiger partial charge in [0.1, 0.15) is 23.4 Å². The zero-order chi connectivity index (χ0) is 19.8. The minimum atomic E-state index is -0.575. The fraction of sp³-hybridized carbons (Fsp3) is 0.278. The van der Waals surface area contributed by atoms with Crippen LogP contribution in [0.2, 0.25) is 5.02 Å². The van der Waals surface area contributed by atoms with Crippen LogP contribution < -0.4 is 11.3 Å². The number of aromatic nitrogens is 6. The minimum Gasteiger partial charge on any atom is -0.390 e. The van der Waals surface area contributed by atoms with Gasteiger partial charge < -0.3 is 8.98 Å². The number of fused-ring (bicyclic) bond motifs is 1. The van der Waals surface area contributed by atoms with Crippen LogP contribution in [0.15, 0.2) is 44.5 Å². The molecule has 0 radical (unpaired) electrons. The zero-order valence-electron chi connectivity index (χ0n) is 15.3. The van der Waals surface area contributed by atoms with E-state index < -0.39 is 5.76 Å². The third kappa shape index (κ3) is 3.36. The van der Waals surface area contributed by atoms with E-state index in [0.717, 1.165) is 5.56 Å². The van der Waals surface area contributed by atoms with Gasteiger partial charge in [0.2, 0.25) is 5.89 Å². The van der Waals surface area contributed by atoms with Crippen LogP contribution in [-0.2, 0) is 26.6 Å². The molecule has 0 aliphatic heterocycles. The van der Waals surface area contributed by atoms with E-state index in [0.29, 0.717) is 34.8 Å². The van der Waals surface area contributed by atoms with Gasteiger partial charge in [0.25, 0.3) is 5.56 Å². The predicted octanol–water partition coefficient (Wildman–Crippen LogP) is 1.53. The summed E-state index contributed by atoms with van der Waals surface area (Å²) in [4.78, 5) is 29.0. The average Bonchev–Trinajstić information content (AvgIpc) is 3.16. The van der Waals surface area contributed by atoms with E-state index in [-0.39, 0.29) is 18.0 Å². The Kier molecular flexibility index (Phi) is 4.60. The number of imidazole rings is 1. The van der Waals surface area contributed by atoms with Crippen LogP contribution in [0.25, 0.3) is 11.0 Å². The van der Waals surface area contributed by atoms with Crippen LogP contribution in [0.4, 0.5) is 0 Å². The van der Waals surface area contributed by atoms with Gasteiger partial charge in [0, 0.05) is 12.1 Å². The fourth-order valence-corrected chi connectivity index (χ4v) is 3.09. The fourth-order valence-electron chi connectivity index (χ4n) is 2.96. The Bertz CT molecular complexity index is 1270. The highest BCUT2D eigenvalue weighted by molar-refractivity contribution is 6.30. The van der Waals surface area contributed by atoms with E-state index in [1.165, 1.54) is 15.6 Å². The Hall–Kier alpha value is -3.20. The van der Waals surface area contributed by atoms with Crippen LogP contribution in [0.1, 0.15) is 17.3 Å². The molecule has 3 heterocycles. The van der Waals surface area contributed by atoms with Crippen molar-refractivity contribution in [3.05, 3.63) is 73.7 Å². The summed E-state index contributed by atoms with van der Waals surface area (Å²) in [7, 11) is 1.77. The maximum Gasteiger partial charge on any atom is 0.437 e. The van der Waals surface area contributed by atoms with E-state index >= 15 is 0 Å². The Morgan fingerprint density at radius 2 is 1.89 bits per heavy atom. The predicted molar refractivity (Wildman–Crippen MR) is 103 cm³/mol. The highest BCUT2D eigenvalue weighted by Crippen LogP contribution is 2.11. The molecule has 3 aromatic heterocycles. The van der Waals surface area contributed by atoms with Crippen molar-refractivity contribution in [2.24, 2.45) is 7.05 Å². The van der Waals surface area contributed by atoms with Crippen LogP contribution in [0.5, 0.6) is 0 Å². The first-order valence-electron chi connectivity index (χ1n) is 8.63. The Morgan fingerprint density at radius 3 is 2.64 bits per heavy atom. The standard InChI is InChI=1S/C18H17ClN6O3/c1-11-21-14-9-20-25(17(26)16(14)23(11)2)10-15-22-24(18(27)28-15)8-7-12-3-5-13(19)6-4-12/h3-6,9H,7-8,10H2,1-2H3. The maximum absolute atomic E-state index is 12.7. The van der Waals surface area contributed by atoms with Crippen LogP contribution in [0.3, 0.4) is 0 Å². The second-order valence-electron chi connectivity index (χ2n) is 6.42. The van der Waals surface area contributed by atoms with Crippen molar-refractivity contribution < 1.29 is 4.42 Å². The monoisotopic (exact) mass is 400 g/mol. The lowest BCUT2D eigenvalue weighted by molar-refractivity contribution is 0.425. The van der Waals surface area contributed by atoms with Crippen molar-refractivity contribution >= 4 is 22.6 Å². The molecule has 28 heavy (non-hydrogen) atoms. The largest absolute Gasteiger partial charge is 0.437 e. The molecule has 0 amide bonds. The molecule has 10 heteroatoms. The molecule has 0 spiro atoms. The van der Waals surface area contributed by atoms with Crippen molar-refractivity contribution in [3.8, 4) is 0 Å². The van der Waals surface area contributed by atoms with Gasteiger partial charge in [-0.3, -0.25) is 4.79 Å². The maximum atomic E-state index is 12.7. The number of benzene rings is 1. The molecular formula is C18H17ClN6O3. The van der Waals surface area contributed by atoms with Crippen LogP contribution in [-0.4, -0.2) is 29.1 Å². The first-order chi connectivity index (χ1) is 13.4. The van der Waals surface area contributed by atoms with E-state index in [1.807, 2.05) is 19.1 Å². The Balaban J connectivity index is 1.55. The lowest BCUT2D eigenvalue weighted by Crippen LogP contribution is -2.25. The third-order valence-electron chi connectivity index (χ3n) is 4.56. The van der Waals surface area contributed by atoms with Crippen LogP contribution >= 0.6 is 11.6 Å². The first kappa shape index (κ1) is 18.2. The number of aryl methyl sites for hydroxylation is 4. The van der Waals surface area contributed by atoms with E-state index in [1.54, 1.807) is 23.7 Å². The molecule has 0 aliphatic carbocycles. The number of rotatable bonds is 5. The highest BCUT2D eigenvalue weighted by atomic mass is 35.5. The normalized spacial score (nSPS) is 11.4. The number of halogens is 1. The van der Waals surface area contributed by atoms with Crippen molar-refractivity contribution in [2.45, 2.75) is 26.4 Å². The van der Waals surface area contributed by atoms with E-state index in [4.69, 9.17) is 16.0 Å². The zero-order valence-corrected chi connectivity index (χ0v) is 16.0. The van der Waals surface area contributed by atoms with Gasteiger partial charge in [-0.15, -0.1) is 5.10 Å². The van der Waals surface area contributed by atoms with Crippen molar-refractivity contribution in [1.82, 2.24) is 29.1 Å². The lowest BCUT2D eigenvalue weighted by atomic mass is 10.1. The second-order valence-corrected chi connectivity index (χ2v) is 6.86. The smallest absolute Gasteiger partial charge is 0.390 e. The molecule has 144 valence electrons. The van der Waals surface area contributed by atoms with Crippen molar-refractivity contribution in [1.29, 1.82) is 0 Å². The number of nitrogens with zero attached hydrogens (tertiary/aromatic N) is 6. The molecule has 0 saturated carbocycles. The lowest BCUT2D eigenvalue weighted by Gasteiger charge is -2.02. The molecule has 0 fully saturated rings. The van der Waals surface area contributed by atoms with E-state index in [2.05, 4.69) is 15.2 Å². The SMILES string of the molecule is Cc1nc2cnn(Cc3nn(CCc4ccc(Cl)cc4)c(=O)o3)c(=O)c2n1C. The summed E-state index contributed by atoms with van der Waals surface area (Å²) < 4.78 is 9.33. The summed E-state index contributed by atoms with van der Waals surface area (Å²) in [6.07, 6.45) is 2.11. The minimum absolute atomic E-state index is 0.0395. The highest BCUT2D eigenvalue weighted by Gasteiger charge is 2.14. The molecule has 4 aromatic rings. The van der Waals surface area contributed by atoms with Crippen LogP contribution in [0, 0.1) is 6.92 Å². The molecular weight excluding hydrogens is 384 g/mol. The third-order valence-corrected chi connectivity index (χ3v) is 4.81. The average molecular weight is 401 g/mol. The summed E-state index contributed by atoms with van der Waals surface area (Å²) >= 11 is 5.87. The van der Waals surface area contributed by atoms with Gasteiger partial charge in [-0.25, -0.2) is 14.5 Å². The second kappa shape index (κ2) is 7.08. The molecule has 0 bridgehead atoms. The Labute approximate surface area is 163 Å². The first-order valence-corrected chi connectivity index (χ1v) is 9.00. The van der Waals surface area contributed by atoms with Crippen molar-refractivity contribution in [2.75, 3.05) is 0 Å². The molecule has 9 nitrogen and oxygen atoms in total. The Morgan fingerprint density at radius 1 is 1.14 bits per heavy atom. The molecule has 0 atom stereocenters. The summed E-state index contributed by atoms with van der Waals surface area (Å²) in [5.41, 5.74) is 1.67. The molecule has 4 rings (SSSR count). The topological polar surface area (TPSA) is 101 Å². The van der Waals surface area contributed by atoms with Gasteiger partial charge in [-0.2, -0.15) is 9.78 Å². The van der Waals surface area contributed by atoms with Gasteiger partial charge in [-0.1, -0.05) is 23.7 Å². The van der Waals surface area contributed by atoms with E-state index in [9.17, 15) is 9.59 Å². The number of hydrogen-bond acceptors (Lipinski definition) is 6. The molecule has 0 unspecified atom stereocenters. The summed E-state index contributed by atoms with van der Waals surface area (Å²) in [5, 5.41) is 8.93. The summed E-state index contributed by atoms with van der Waals surface area (Å²) in [5.74, 6) is 0.257. The van der Waals surface area contributed by atoms with Gasteiger partial charge >= 0.3 is 5.76 Å². The summed E-state index contributed by atoms with van der Waals surface area (Å²) in [6.45, 7) is 2.12. The molecule has 0 aliphatic rings. The summed E-state index contributed by atoms with van der Waals surface area (Å²) in [6, 6.07) is 7.37. The van der Waals surface area contributed by atoms with Crippen molar-refractivity contribution in [3.63, 3.8) is 0 Å². The van der Waals surface area contributed by atoms with Gasteiger partial charge in [0.05, 0.1) is 12.7 Å².